The van der Waals surface area contributed by atoms with Crippen LogP contribution in [-0.4, -0.2) is 12.8 Å². The smallest absolute Gasteiger partial charge is 0.106 e. The van der Waals surface area contributed by atoms with Crippen molar-refractivity contribution in [3.63, 3.8) is 0 Å². The van der Waals surface area contributed by atoms with Gasteiger partial charge in [0.05, 0.1) is 5.71 Å². The highest BCUT2D eigenvalue weighted by atomic mass is 16.6. The van der Waals surface area contributed by atoms with Crippen molar-refractivity contribution in [3.8, 4) is 0 Å². The van der Waals surface area contributed by atoms with Gasteiger partial charge in [-0.3, -0.25) is 0 Å². The summed E-state index contributed by atoms with van der Waals surface area (Å²) in [5.41, 5.74) is 1.60. The summed E-state index contributed by atoms with van der Waals surface area (Å²) in [6.45, 7) is 6.79. The summed E-state index contributed by atoms with van der Waals surface area (Å²) in [6.07, 6.45) is 7.78. The first kappa shape index (κ1) is 12.5. The third kappa shape index (κ3) is 4.67. The molecule has 0 aromatic rings. The standard InChI is InChI=1S/C13H25NO/c1-13(2,3)10-12(14-15-4)11-8-6-5-7-9-11/h11H,5-10H2,1-4H3/b14-12-. The maximum Gasteiger partial charge on any atom is 0.106 e. The molecule has 0 atom stereocenters. The lowest BCUT2D eigenvalue weighted by atomic mass is 9.79. The molecule has 1 saturated carbocycles. The average molecular weight is 211 g/mol. The van der Waals surface area contributed by atoms with Crippen LogP contribution in [0.15, 0.2) is 5.16 Å². The normalized spacial score (nSPS) is 20.4. The van der Waals surface area contributed by atoms with Crippen molar-refractivity contribution in [2.75, 3.05) is 7.11 Å². The van der Waals surface area contributed by atoms with Crippen LogP contribution in [0.25, 0.3) is 0 Å². The number of hydrogen-bond acceptors (Lipinski definition) is 2. The second-order valence-corrected chi connectivity index (χ2v) is 5.84. The number of nitrogens with zero attached hydrogens (tertiary/aromatic N) is 1. The highest BCUT2D eigenvalue weighted by molar-refractivity contribution is 5.86. The third-order valence-corrected chi connectivity index (χ3v) is 3.00. The molecule has 15 heavy (non-hydrogen) atoms. The van der Waals surface area contributed by atoms with Crippen LogP contribution in [0.3, 0.4) is 0 Å². The Morgan fingerprint density at radius 2 is 1.80 bits per heavy atom. The van der Waals surface area contributed by atoms with Gasteiger partial charge in [-0.05, 0) is 24.7 Å². The zero-order chi connectivity index (χ0) is 11.3. The second-order valence-electron chi connectivity index (χ2n) is 5.84. The van der Waals surface area contributed by atoms with Gasteiger partial charge in [-0.1, -0.05) is 45.2 Å². The van der Waals surface area contributed by atoms with E-state index >= 15 is 0 Å². The molecule has 0 saturated heterocycles. The lowest BCUT2D eigenvalue weighted by Gasteiger charge is -2.27. The zero-order valence-corrected chi connectivity index (χ0v) is 10.7. The van der Waals surface area contributed by atoms with Gasteiger partial charge in [-0.15, -0.1) is 0 Å². The number of hydrogen-bond donors (Lipinski definition) is 0. The fourth-order valence-corrected chi connectivity index (χ4v) is 2.35. The van der Waals surface area contributed by atoms with E-state index in [-0.39, 0.29) is 0 Å². The average Bonchev–Trinajstić information content (AvgIpc) is 2.17. The highest BCUT2D eigenvalue weighted by Gasteiger charge is 2.24. The molecule has 0 spiro atoms. The molecule has 0 aliphatic heterocycles. The summed E-state index contributed by atoms with van der Waals surface area (Å²) < 4.78 is 0. The summed E-state index contributed by atoms with van der Waals surface area (Å²) in [7, 11) is 1.66. The van der Waals surface area contributed by atoms with Gasteiger partial charge in [-0.25, -0.2) is 0 Å². The summed E-state index contributed by atoms with van der Waals surface area (Å²) >= 11 is 0. The van der Waals surface area contributed by atoms with Crippen LogP contribution in [-0.2, 0) is 4.84 Å². The van der Waals surface area contributed by atoms with Crippen LogP contribution in [0.2, 0.25) is 0 Å². The minimum absolute atomic E-state index is 0.314. The lowest BCUT2D eigenvalue weighted by molar-refractivity contribution is 0.206. The molecule has 0 heterocycles. The second kappa shape index (κ2) is 5.53. The Hall–Kier alpha value is -0.530. The van der Waals surface area contributed by atoms with Crippen molar-refractivity contribution >= 4 is 5.71 Å². The summed E-state index contributed by atoms with van der Waals surface area (Å²) in [5.74, 6) is 0.679. The van der Waals surface area contributed by atoms with Crippen molar-refractivity contribution in [2.24, 2.45) is 16.5 Å². The van der Waals surface area contributed by atoms with Gasteiger partial charge < -0.3 is 4.84 Å². The van der Waals surface area contributed by atoms with Gasteiger partial charge in [0, 0.05) is 5.92 Å². The maximum absolute atomic E-state index is 4.99. The van der Waals surface area contributed by atoms with Crippen LogP contribution in [0, 0.1) is 11.3 Å². The third-order valence-electron chi connectivity index (χ3n) is 3.00. The van der Waals surface area contributed by atoms with Crippen molar-refractivity contribution in [2.45, 2.75) is 59.3 Å². The van der Waals surface area contributed by atoms with E-state index in [9.17, 15) is 0 Å². The van der Waals surface area contributed by atoms with Crippen LogP contribution in [0.4, 0.5) is 0 Å². The largest absolute Gasteiger partial charge is 0.399 e. The van der Waals surface area contributed by atoms with Crippen LogP contribution < -0.4 is 0 Å². The fourth-order valence-electron chi connectivity index (χ4n) is 2.35. The van der Waals surface area contributed by atoms with Gasteiger partial charge in [0.2, 0.25) is 0 Å². The molecule has 1 aliphatic carbocycles. The van der Waals surface area contributed by atoms with E-state index < -0.39 is 0 Å². The van der Waals surface area contributed by atoms with E-state index in [1.165, 1.54) is 37.8 Å². The van der Waals surface area contributed by atoms with Crippen molar-refractivity contribution in [1.82, 2.24) is 0 Å². The van der Waals surface area contributed by atoms with Crippen LogP contribution in [0.1, 0.15) is 59.3 Å². The van der Waals surface area contributed by atoms with Gasteiger partial charge in [0.15, 0.2) is 0 Å². The van der Waals surface area contributed by atoms with E-state index in [0.29, 0.717) is 11.3 Å². The summed E-state index contributed by atoms with van der Waals surface area (Å²) in [6, 6.07) is 0. The van der Waals surface area contributed by atoms with Gasteiger partial charge >= 0.3 is 0 Å². The fraction of sp³-hybridized carbons (Fsp3) is 0.923. The Labute approximate surface area is 94.1 Å². The maximum atomic E-state index is 4.99. The molecule has 1 fully saturated rings. The molecular weight excluding hydrogens is 186 g/mol. The van der Waals surface area contributed by atoms with E-state index in [0.717, 1.165) is 6.42 Å². The molecular formula is C13H25NO. The first-order valence-electron chi connectivity index (χ1n) is 6.13. The molecule has 0 unspecified atom stereocenters. The van der Waals surface area contributed by atoms with E-state index in [4.69, 9.17) is 4.84 Å². The molecule has 1 aliphatic rings. The van der Waals surface area contributed by atoms with E-state index in [2.05, 4.69) is 25.9 Å². The van der Waals surface area contributed by atoms with Crippen LogP contribution in [0.5, 0.6) is 0 Å². The molecule has 0 N–H and O–H groups in total. The quantitative estimate of drug-likeness (QED) is 0.510. The monoisotopic (exact) mass is 211 g/mol. The van der Waals surface area contributed by atoms with Gasteiger partial charge in [0.25, 0.3) is 0 Å². The molecule has 0 amide bonds. The van der Waals surface area contributed by atoms with Crippen molar-refractivity contribution in [3.05, 3.63) is 0 Å². The molecule has 88 valence electrons. The number of oxime groups is 1. The predicted octanol–water partition coefficient (Wildman–Crippen LogP) is 4.01. The molecule has 2 heteroatoms. The zero-order valence-electron chi connectivity index (χ0n) is 10.7. The Morgan fingerprint density at radius 1 is 1.20 bits per heavy atom. The summed E-state index contributed by atoms with van der Waals surface area (Å²) in [4.78, 5) is 4.99. The van der Waals surface area contributed by atoms with Crippen molar-refractivity contribution < 1.29 is 4.84 Å². The minimum Gasteiger partial charge on any atom is -0.399 e. The molecule has 0 aromatic carbocycles. The summed E-state index contributed by atoms with van der Waals surface area (Å²) in [5, 5.41) is 4.25. The Bertz CT molecular complexity index is 209. The highest BCUT2D eigenvalue weighted by Crippen LogP contribution is 2.30. The van der Waals surface area contributed by atoms with E-state index in [1.807, 2.05) is 0 Å². The first-order chi connectivity index (χ1) is 7.03. The van der Waals surface area contributed by atoms with Crippen molar-refractivity contribution in [1.29, 1.82) is 0 Å². The first-order valence-corrected chi connectivity index (χ1v) is 6.13. The topological polar surface area (TPSA) is 21.6 Å². The van der Waals surface area contributed by atoms with Gasteiger partial charge in [-0.2, -0.15) is 0 Å². The minimum atomic E-state index is 0.314. The Balaban J connectivity index is 2.60. The molecule has 0 aromatic heterocycles. The Kier molecular flexibility index (Phi) is 4.62. The molecule has 1 rings (SSSR count). The molecule has 2 nitrogen and oxygen atoms in total. The molecule has 0 radical (unpaired) electrons. The van der Waals surface area contributed by atoms with Gasteiger partial charge in [0.1, 0.15) is 7.11 Å². The lowest BCUT2D eigenvalue weighted by Crippen LogP contribution is -2.23. The predicted molar refractivity (Wildman–Crippen MR) is 65.1 cm³/mol. The SMILES string of the molecule is CO/N=C(/CC(C)(C)C)C1CCCCC1. The number of rotatable bonds is 3. The van der Waals surface area contributed by atoms with Crippen LogP contribution >= 0.6 is 0 Å². The molecule has 0 bridgehead atoms. The van der Waals surface area contributed by atoms with E-state index in [1.54, 1.807) is 7.11 Å². The Morgan fingerprint density at radius 3 is 2.27 bits per heavy atom.